The van der Waals surface area contributed by atoms with E-state index in [-0.39, 0.29) is 6.09 Å². The van der Waals surface area contributed by atoms with Gasteiger partial charge < -0.3 is 10.1 Å². The van der Waals surface area contributed by atoms with E-state index >= 15 is 0 Å². The van der Waals surface area contributed by atoms with Crippen LogP contribution in [0, 0.1) is 0 Å². The van der Waals surface area contributed by atoms with Crippen LogP contribution in [0.3, 0.4) is 0 Å². The van der Waals surface area contributed by atoms with Gasteiger partial charge in [0.1, 0.15) is 0 Å². The summed E-state index contributed by atoms with van der Waals surface area (Å²) >= 11 is 0. The molecule has 0 saturated heterocycles. The number of amides is 1. The van der Waals surface area contributed by atoms with E-state index in [4.69, 9.17) is 4.74 Å². The molecule has 0 aromatic rings. The van der Waals surface area contributed by atoms with Crippen LogP contribution >= 0.6 is 0 Å². The Morgan fingerprint density at radius 1 is 1.36 bits per heavy atom. The maximum atomic E-state index is 10.8. The van der Waals surface area contributed by atoms with Crippen LogP contribution in [0.15, 0.2) is 12.7 Å². The van der Waals surface area contributed by atoms with Gasteiger partial charge in [-0.2, -0.15) is 0 Å². The highest BCUT2D eigenvalue weighted by Gasteiger charge is 1.97. The Balaban J connectivity index is 3.05. The fourth-order valence-electron chi connectivity index (χ4n) is 1.10. The molecule has 0 unspecified atom stereocenters. The van der Waals surface area contributed by atoms with Crippen molar-refractivity contribution >= 4 is 6.09 Å². The highest BCUT2D eigenvalue weighted by molar-refractivity contribution is 5.66. The first-order valence-electron chi connectivity index (χ1n) is 5.32. The van der Waals surface area contributed by atoms with Gasteiger partial charge in [-0.1, -0.05) is 18.9 Å². The SMILES string of the molecule is C=CCCCCCCOC(=O)NCC. The number of allylic oxidation sites excluding steroid dienone is 1. The third kappa shape index (κ3) is 9.10. The smallest absolute Gasteiger partial charge is 0.407 e. The second-order valence-electron chi connectivity index (χ2n) is 3.16. The molecule has 82 valence electrons. The molecule has 14 heavy (non-hydrogen) atoms. The Morgan fingerprint density at radius 2 is 2.07 bits per heavy atom. The number of carbonyl (C=O) groups is 1. The van der Waals surface area contributed by atoms with Gasteiger partial charge in [-0.05, 0) is 26.2 Å². The Kier molecular flexibility index (Phi) is 9.38. The average molecular weight is 199 g/mol. The summed E-state index contributed by atoms with van der Waals surface area (Å²) in [5, 5.41) is 2.58. The molecule has 0 rings (SSSR count). The van der Waals surface area contributed by atoms with E-state index in [2.05, 4.69) is 11.9 Å². The van der Waals surface area contributed by atoms with E-state index in [1.54, 1.807) is 0 Å². The van der Waals surface area contributed by atoms with Gasteiger partial charge in [-0.25, -0.2) is 4.79 Å². The predicted octanol–water partition coefficient (Wildman–Crippen LogP) is 2.87. The number of carbonyl (C=O) groups excluding carboxylic acids is 1. The minimum atomic E-state index is -0.307. The van der Waals surface area contributed by atoms with E-state index in [1.807, 2.05) is 13.0 Å². The number of unbranched alkanes of at least 4 members (excludes halogenated alkanes) is 4. The molecule has 3 nitrogen and oxygen atoms in total. The number of hydrogen-bond acceptors (Lipinski definition) is 2. The fraction of sp³-hybridized carbons (Fsp3) is 0.727. The van der Waals surface area contributed by atoms with Crippen LogP contribution in [0.2, 0.25) is 0 Å². The molecule has 0 atom stereocenters. The van der Waals surface area contributed by atoms with Crippen LogP contribution in [-0.2, 0) is 4.74 Å². The van der Waals surface area contributed by atoms with Gasteiger partial charge >= 0.3 is 6.09 Å². The van der Waals surface area contributed by atoms with Crippen molar-refractivity contribution in [3.8, 4) is 0 Å². The van der Waals surface area contributed by atoms with Gasteiger partial charge in [0.25, 0.3) is 0 Å². The third-order valence-electron chi connectivity index (χ3n) is 1.86. The Labute approximate surface area is 86.5 Å². The van der Waals surface area contributed by atoms with Gasteiger partial charge in [-0.15, -0.1) is 6.58 Å². The van der Waals surface area contributed by atoms with Crippen molar-refractivity contribution < 1.29 is 9.53 Å². The zero-order valence-corrected chi connectivity index (χ0v) is 9.05. The molecule has 0 aromatic carbocycles. The normalized spacial score (nSPS) is 9.50. The van der Waals surface area contributed by atoms with Crippen LogP contribution in [0.5, 0.6) is 0 Å². The van der Waals surface area contributed by atoms with Crippen molar-refractivity contribution in [2.24, 2.45) is 0 Å². The van der Waals surface area contributed by atoms with E-state index < -0.39 is 0 Å². The second-order valence-corrected chi connectivity index (χ2v) is 3.16. The second kappa shape index (κ2) is 10.1. The highest BCUT2D eigenvalue weighted by atomic mass is 16.5. The first-order chi connectivity index (χ1) is 6.81. The zero-order valence-electron chi connectivity index (χ0n) is 9.05. The lowest BCUT2D eigenvalue weighted by atomic mass is 10.1. The molecule has 0 bridgehead atoms. The minimum Gasteiger partial charge on any atom is -0.450 e. The van der Waals surface area contributed by atoms with E-state index in [9.17, 15) is 4.79 Å². The van der Waals surface area contributed by atoms with Gasteiger partial charge in [0.05, 0.1) is 6.61 Å². The Hall–Kier alpha value is -0.990. The number of nitrogens with one attached hydrogen (secondary N) is 1. The summed E-state index contributed by atoms with van der Waals surface area (Å²) in [5.41, 5.74) is 0. The molecular formula is C11H21NO2. The van der Waals surface area contributed by atoms with Crippen LogP contribution in [-0.4, -0.2) is 19.2 Å². The molecule has 0 aliphatic rings. The molecular weight excluding hydrogens is 178 g/mol. The summed E-state index contributed by atoms with van der Waals surface area (Å²) in [5.74, 6) is 0. The molecule has 0 aromatic heterocycles. The van der Waals surface area contributed by atoms with Crippen molar-refractivity contribution in [3.63, 3.8) is 0 Å². The average Bonchev–Trinajstić information content (AvgIpc) is 2.17. The summed E-state index contributed by atoms with van der Waals surface area (Å²) < 4.78 is 4.92. The van der Waals surface area contributed by atoms with Crippen molar-refractivity contribution in [1.29, 1.82) is 0 Å². The third-order valence-corrected chi connectivity index (χ3v) is 1.86. The molecule has 0 aliphatic carbocycles. The largest absolute Gasteiger partial charge is 0.450 e. The minimum absolute atomic E-state index is 0.307. The summed E-state index contributed by atoms with van der Waals surface area (Å²) in [6, 6.07) is 0. The number of ether oxygens (including phenoxy) is 1. The maximum Gasteiger partial charge on any atom is 0.407 e. The lowest BCUT2D eigenvalue weighted by Crippen LogP contribution is -2.23. The van der Waals surface area contributed by atoms with Gasteiger partial charge in [-0.3, -0.25) is 0 Å². The van der Waals surface area contributed by atoms with Crippen molar-refractivity contribution in [1.82, 2.24) is 5.32 Å². The number of rotatable bonds is 8. The van der Waals surface area contributed by atoms with Crippen molar-refractivity contribution in [2.75, 3.05) is 13.2 Å². The lowest BCUT2D eigenvalue weighted by molar-refractivity contribution is 0.144. The molecule has 0 aliphatic heterocycles. The fourth-order valence-corrected chi connectivity index (χ4v) is 1.10. The predicted molar refractivity (Wildman–Crippen MR) is 58.3 cm³/mol. The molecule has 0 radical (unpaired) electrons. The summed E-state index contributed by atoms with van der Waals surface area (Å²) in [6.45, 7) is 6.68. The highest BCUT2D eigenvalue weighted by Crippen LogP contribution is 2.03. The number of alkyl carbamates (subject to hydrolysis) is 1. The maximum absolute atomic E-state index is 10.8. The van der Waals surface area contributed by atoms with Crippen molar-refractivity contribution in [3.05, 3.63) is 12.7 Å². The first-order valence-corrected chi connectivity index (χ1v) is 5.32. The molecule has 0 saturated carbocycles. The zero-order chi connectivity index (χ0) is 10.6. The Morgan fingerprint density at radius 3 is 2.71 bits per heavy atom. The number of hydrogen-bond donors (Lipinski definition) is 1. The van der Waals surface area contributed by atoms with Gasteiger partial charge in [0, 0.05) is 6.54 Å². The summed E-state index contributed by atoms with van der Waals surface area (Å²) in [4.78, 5) is 10.8. The monoisotopic (exact) mass is 199 g/mol. The molecule has 0 fully saturated rings. The first kappa shape index (κ1) is 13.0. The van der Waals surface area contributed by atoms with Crippen LogP contribution < -0.4 is 5.32 Å². The van der Waals surface area contributed by atoms with Crippen LogP contribution in [0.4, 0.5) is 4.79 Å². The van der Waals surface area contributed by atoms with E-state index in [1.165, 1.54) is 12.8 Å². The van der Waals surface area contributed by atoms with Crippen LogP contribution in [0.25, 0.3) is 0 Å². The standard InChI is InChI=1S/C11H21NO2/c1-3-5-6-7-8-9-10-14-11(13)12-4-2/h3H,1,4-10H2,2H3,(H,12,13). The molecule has 1 N–H and O–H groups in total. The Bertz CT molecular complexity index is 157. The van der Waals surface area contributed by atoms with Gasteiger partial charge in [0.15, 0.2) is 0 Å². The molecule has 0 heterocycles. The summed E-state index contributed by atoms with van der Waals surface area (Å²) in [6.07, 6.45) is 7.15. The summed E-state index contributed by atoms with van der Waals surface area (Å²) in [7, 11) is 0. The quantitative estimate of drug-likeness (QED) is 0.482. The van der Waals surface area contributed by atoms with Gasteiger partial charge in [0.2, 0.25) is 0 Å². The van der Waals surface area contributed by atoms with Crippen molar-refractivity contribution in [2.45, 2.75) is 39.0 Å². The topological polar surface area (TPSA) is 38.3 Å². The molecule has 1 amide bonds. The molecule has 3 heteroatoms. The van der Waals surface area contributed by atoms with E-state index in [0.717, 1.165) is 19.3 Å². The molecule has 0 spiro atoms. The van der Waals surface area contributed by atoms with E-state index in [0.29, 0.717) is 13.2 Å². The van der Waals surface area contributed by atoms with Crippen LogP contribution in [0.1, 0.15) is 39.0 Å². The lowest BCUT2D eigenvalue weighted by Gasteiger charge is -2.04.